The van der Waals surface area contributed by atoms with Gasteiger partial charge in [-0.05, 0) is 49.9 Å². The first-order valence-corrected chi connectivity index (χ1v) is 10.6. The normalized spacial score (nSPS) is 14.6. The fraction of sp³-hybridized carbons (Fsp3) is 0.304. The smallest absolute Gasteiger partial charge is 0.261 e. The number of aryl methyl sites for hydroxylation is 1. The van der Waals surface area contributed by atoms with E-state index in [2.05, 4.69) is 27.2 Å². The predicted octanol–water partition coefficient (Wildman–Crippen LogP) is 4.84. The van der Waals surface area contributed by atoms with Gasteiger partial charge in [-0.3, -0.25) is 4.79 Å². The van der Waals surface area contributed by atoms with Crippen LogP contribution in [0.25, 0.3) is 11.3 Å². The average molecular weight is 443 g/mol. The summed E-state index contributed by atoms with van der Waals surface area (Å²) in [6, 6.07) is 12.0. The Balaban J connectivity index is 1.51. The van der Waals surface area contributed by atoms with Crippen LogP contribution in [0.1, 0.15) is 23.0 Å². The second-order valence-corrected chi connectivity index (χ2v) is 7.89. The summed E-state index contributed by atoms with van der Waals surface area (Å²) in [4.78, 5) is 17.7. The number of hydrogen-bond acceptors (Lipinski definition) is 5. The van der Waals surface area contributed by atoms with Crippen molar-refractivity contribution in [3.05, 3.63) is 64.6 Å². The van der Waals surface area contributed by atoms with Crippen LogP contribution in [0.5, 0.6) is 0 Å². The fourth-order valence-corrected chi connectivity index (χ4v) is 4.06. The van der Waals surface area contributed by atoms with Crippen molar-refractivity contribution in [2.24, 2.45) is 0 Å². The van der Waals surface area contributed by atoms with Gasteiger partial charge in [0.2, 0.25) is 0 Å². The predicted molar refractivity (Wildman–Crippen MR) is 120 cm³/mol. The molecule has 0 bridgehead atoms. The molecule has 0 spiro atoms. The van der Waals surface area contributed by atoms with Crippen molar-refractivity contribution in [1.29, 1.82) is 0 Å². The third-order valence-electron chi connectivity index (χ3n) is 5.60. The lowest BCUT2D eigenvalue weighted by atomic mass is 10.0. The molecule has 1 amide bonds. The molecule has 2 heterocycles. The lowest BCUT2D eigenvalue weighted by molar-refractivity contribution is 0.102. The van der Waals surface area contributed by atoms with E-state index in [0.29, 0.717) is 5.69 Å². The number of anilines is 2. The molecule has 2 aromatic carbocycles. The molecule has 8 heteroatoms. The van der Waals surface area contributed by atoms with Crippen LogP contribution in [0.2, 0.25) is 5.02 Å². The molecular weight excluding hydrogens is 419 g/mol. The molecule has 0 unspecified atom stereocenters. The number of nitrogens with one attached hydrogen (secondary N) is 1. The van der Waals surface area contributed by atoms with E-state index < -0.39 is 11.7 Å². The molecule has 1 fully saturated rings. The first-order chi connectivity index (χ1) is 15.0. The van der Waals surface area contributed by atoms with Crippen LogP contribution < -0.4 is 10.2 Å². The van der Waals surface area contributed by atoms with E-state index in [1.54, 1.807) is 13.0 Å². The maximum atomic E-state index is 14.4. The molecule has 0 radical (unpaired) electrons. The molecule has 1 N–H and O–H groups in total. The van der Waals surface area contributed by atoms with Crippen LogP contribution in [0.3, 0.4) is 0 Å². The van der Waals surface area contributed by atoms with E-state index in [9.17, 15) is 9.18 Å². The van der Waals surface area contributed by atoms with Gasteiger partial charge in [0.05, 0.1) is 10.6 Å². The first-order valence-electron chi connectivity index (χ1n) is 10.3. The molecule has 1 saturated heterocycles. The standard InChI is InChI=1S/C23H24ClFN4O2/c1-3-28-11-13-29(14-12-28)17-9-7-16(8-10-17)26-23(30)20-15(2)31-27-22(20)21-18(24)5-4-6-19(21)25/h4-10H,3,11-14H2,1-2H3,(H,26,30). The summed E-state index contributed by atoms with van der Waals surface area (Å²) >= 11 is 6.16. The quantitative estimate of drug-likeness (QED) is 0.612. The number of likely N-dealkylation sites (N-methyl/N-ethyl adjacent to an activating group) is 1. The number of piperazine rings is 1. The van der Waals surface area contributed by atoms with Crippen molar-refractivity contribution in [1.82, 2.24) is 10.1 Å². The Kier molecular flexibility index (Phi) is 6.25. The maximum absolute atomic E-state index is 14.4. The number of rotatable bonds is 5. The maximum Gasteiger partial charge on any atom is 0.261 e. The van der Waals surface area contributed by atoms with Crippen molar-refractivity contribution in [2.75, 3.05) is 42.9 Å². The van der Waals surface area contributed by atoms with Gasteiger partial charge >= 0.3 is 0 Å². The molecule has 6 nitrogen and oxygen atoms in total. The molecule has 0 aliphatic carbocycles. The average Bonchev–Trinajstić information content (AvgIpc) is 3.15. The fourth-order valence-electron chi connectivity index (χ4n) is 3.81. The number of hydrogen-bond donors (Lipinski definition) is 1. The molecule has 1 aliphatic heterocycles. The molecule has 31 heavy (non-hydrogen) atoms. The molecule has 4 rings (SSSR count). The number of carbonyl (C=O) groups is 1. The topological polar surface area (TPSA) is 61.6 Å². The summed E-state index contributed by atoms with van der Waals surface area (Å²) in [6.07, 6.45) is 0. The van der Waals surface area contributed by atoms with E-state index >= 15 is 0 Å². The Hall–Kier alpha value is -2.90. The van der Waals surface area contributed by atoms with Gasteiger partial charge in [-0.25, -0.2) is 4.39 Å². The van der Waals surface area contributed by atoms with E-state index in [-0.39, 0.29) is 27.6 Å². The zero-order chi connectivity index (χ0) is 22.0. The van der Waals surface area contributed by atoms with Crippen LogP contribution in [-0.2, 0) is 0 Å². The monoisotopic (exact) mass is 442 g/mol. The lowest BCUT2D eigenvalue weighted by Gasteiger charge is -2.35. The Labute approximate surface area is 185 Å². The number of amides is 1. The van der Waals surface area contributed by atoms with Gasteiger partial charge in [-0.1, -0.05) is 29.7 Å². The summed E-state index contributed by atoms with van der Waals surface area (Å²) in [5.41, 5.74) is 2.05. The number of aromatic nitrogens is 1. The number of halogens is 2. The lowest BCUT2D eigenvalue weighted by Crippen LogP contribution is -2.46. The highest BCUT2D eigenvalue weighted by atomic mass is 35.5. The van der Waals surface area contributed by atoms with Crippen molar-refractivity contribution in [3.8, 4) is 11.3 Å². The van der Waals surface area contributed by atoms with Crippen molar-refractivity contribution in [2.45, 2.75) is 13.8 Å². The number of benzene rings is 2. The van der Waals surface area contributed by atoms with Gasteiger partial charge in [0, 0.05) is 37.6 Å². The highest BCUT2D eigenvalue weighted by Crippen LogP contribution is 2.34. The van der Waals surface area contributed by atoms with Crippen LogP contribution in [0.4, 0.5) is 15.8 Å². The number of carbonyl (C=O) groups excluding carboxylic acids is 1. The Morgan fingerprint density at radius 3 is 2.52 bits per heavy atom. The van der Waals surface area contributed by atoms with Crippen LogP contribution in [0.15, 0.2) is 47.0 Å². The minimum atomic E-state index is -0.567. The Morgan fingerprint density at radius 1 is 1.16 bits per heavy atom. The molecule has 1 aliphatic rings. The number of nitrogens with zero attached hydrogens (tertiary/aromatic N) is 3. The summed E-state index contributed by atoms with van der Waals surface area (Å²) in [5.74, 6) is -0.711. The highest BCUT2D eigenvalue weighted by molar-refractivity contribution is 6.33. The van der Waals surface area contributed by atoms with Gasteiger partial charge in [-0.2, -0.15) is 0 Å². The first kappa shape index (κ1) is 21.3. The Morgan fingerprint density at radius 2 is 1.87 bits per heavy atom. The van der Waals surface area contributed by atoms with Crippen LogP contribution in [-0.4, -0.2) is 48.7 Å². The van der Waals surface area contributed by atoms with Gasteiger partial charge in [0.1, 0.15) is 22.8 Å². The zero-order valence-electron chi connectivity index (χ0n) is 17.5. The summed E-state index contributed by atoms with van der Waals surface area (Å²) < 4.78 is 19.6. The van der Waals surface area contributed by atoms with E-state index in [0.717, 1.165) is 38.4 Å². The van der Waals surface area contributed by atoms with Crippen molar-refractivity contribution in [3.63, 3.8) is 0 Å². The highest BCUT2D eigenvalue weighted by Gasteiger charge is 2.25. The third-order valence-corrected chi connectivity index (χ3v) is 5.91. The molecular formula is C23H24ClFN4O2. The van der Waals surface area contributed by atoms with Gasteiger partial charge < -0.3 is 19.6 Å². The summed E-state index contributed by atoms with van der Waals surface area (Å²) in [5, 5.41) is 6.90. The molecule has 162 valence electrons. The summed E-state index contributed by atoms with van der Waals surface area (Å²) in [6.45, 7) is 8.90. The van der Waals surface area contributed by atoms with Crippen molar-refractivity contribution >= 4 is 28.9 Å². The molecule has 0 saturated carbocycles. The van der Waals surface area contributed by atoms with Gasteiger partial charge in [-0.15, -0.1) is 0 Å². The molecule has 0 atom stereocenters. The van der Waals surface area contributed by atoms with Crippen molar-refractivity contribution < 1.29 is 13.7 Å². The second-order valence-electron chi connectivity index (χ2n) is 7.48. The summed E-state index contributed by atoms with van der Waals surface area (Å²) in [7, 11) is 0. The minimum absolute atomic E-state index is 0.0488. The molecule has 1 aromatic heterocycles. The zero-order valence-corrected chi connectivity index (χ0v) is 18.2. The largest absolute Gasteiger partial charge is 0.369 e. The molecule has 3 aromatic rings. The van der Waals surface area contributed by atoms with Crippen LogP contribution in [0, 0.1) is 12.7 Å². The van der Waals surface area contributed by atoms with Crippen LogP contribution >= 0.6 is 11.6 Å². The van der Waals surface area contributed by atoms with E-state index in [1.807, 2.05) is 24.3 Å². The van der Waals surface area contributed by atoms with E-state index in [1.165, 1.54) is 12.1 Å². The minimum Gasteiger partial charge on any atom is -0.369 e. The van der Waals surface area contributed by atoms with Gasteiger partial charge in [0.25, 0.3) is 5.91 Å². The third kappa shape index (κ3) is 4.43. The van der Waals surface area contributed by atoms with E-state index in [4.69, 9.17) is 16.1 Å². The Bertz CT molecular complexity index is 1060. The van der Waals surface area contributed by atoms with Gasteiger partial charge in [0.15, 0.2) is 0 Å². The SMILES string of the molecule is CCN1CCN(c2ccc(NC(=O)c3c(-c4c(F)cccc4Cl)noc3C)cc2)CC1. The second kappa shape index (κ2) is 9.08.